The molecule has 16 heavy (non-hydrogen) atoms. The fourth-order valence-corrected chi connectivity index (χ4v) is 1.98. The minimum Gasteiger partial charge on any atom is -0.274 e. The highest BCUT2D eigenvalue weighted by molar-refractivity contribution is 7.99. The van der Waals surface area contributed by atoms with Gasteiger partial charge < -0.3 is 0 Å². The summed E-state index contributed by atoms with van der Waals surface area (Å²) >= 11 is 7.38. The van der Waals surface area contributed by atoms with Crippen molar-refractivity contribution in [1.82, 2.24) is 24.5 Å². The van der Waals surface area contributed by atoms with Gasteiger partial charge >= 0.3 is 0 Å². The normalized spacial score (nSPS) is 11.0. The first kappa shape index (κ1) is 11.3. The van der Waals surface area contributed by atoms with Gasteiger partial charge in [-0.15, -0.1) is 0 Å². The molecular weight excluding hydrogens is 246 g/mol. The average molecular weight is 256 g/mol. The topological polar surface area (TPSA) is 56.5 Å². The van der Waals surface area contributed by atoms with Crippen LogP contribution < -0.4 is 0 Å². The van der Waals surface area contributed by atoms with Gasteiger partial charge in [-0.05, 0) is 11.6 Å². The van der Waals surface area contributed by atoms with Crippen molar-refractivity contribution < 1.29 is 0 Å². The van der Waals surface area contributed by atoms with Crippen molar-refractivity contribution in [2.45, 2.75) is 24.3 Å². The van der Waals surface area contributed by atoms with E-state index in [9.17, 15) is 0 Å². The molecule has 0 fully saturated rings. The lowest BCUT2D eigenvalue weighted by atomic mass is 10.6. The molecule has 0 aromatic carbocycles. The molecule has 7 heteroatoms. The first-order chi connectivity index (χ1) is 7.65. The summed E-state index contributed by atoms with van der Waals surface area (Å²) in [4.78, 5) is 16.3. The lowest BCUT2D eigenvalue weighted by molar-refractivity contribution is 0.821. The Balaban J connectivity index is 2.36. The van der Waals surface area contributed by atoms with Crippen molar-refractivity contribution in [1.29, 1.82) is 0 Å². The summed E-state index contributed by atoms with van der Waals surface area (Å²) in [5.74, 6) is 0.487. The highest BCUT2D eigenvalue weighted by atomic mass is 35.5. The number of hydrogen-bond acceptors (Lipinski definition) is 5. The molecule has 0 saturated carbocycles. The molecule has 0 amide bonds. The molecule has 2 aromatic heterocycles. The summed E-state index contributed by atoms with van der Waals surface area (Å²) in [5.41, 5.74) is 0. The summed E-state index contributed by atoms with van der Waals surface area (Å²) in [6.07, 6.45) is 5.04. The number of hydrogen-bond donors (Lipinski definition) is 0. The molecule has 0 spiro atoms. The standard InChI is InChI=1S/C9H10ClN5S/c1-6(2)16-9-13-7(10)12-8(14-9)15-4-3-11-5-15/h3-6H,1-2H3. The number of rotatable bonds is 3. The predicted molar refractivity (Wildman–Crippen MR) is 63.0 cm³/mol. The second-order valence-corrected chi connectivity index (χ2v) is 5.21. The van der Waals surface area contributed by atoms with Gasteiger partial charge in [0.2, 0.25) is 11.2 Å². The van der Waals surface area contributed by atoms with Crippen LogP contribution in [0.5, 0.6) is 0 Å². The van der Waals surface area contributed by atoms with E-state index in [1.807, 2.05) is 0 Å². The minimum absolute atomic E-state index is 0.196. The Bertz CT molecular complexity index is 471. The van der Waals surface area contributed by atoms with Crippen LogP contribution in [0.15, 0.2) is 23.9 Å². The van der Waals surface area contributed by atoms with Crippen molar-refractivity contribution in [2.24, 2.45) is 0 Å². The summed E-state index contributed by atoms with van der Waals surface area (Å²) in [7, 11) is 0. The fourth-order valence-electron chi connectivity index (χ4n) is 1.08. The predicted octanol–water partition coefficient (Wildman–Crippen LogP) is 2.21. The molecule has 0 saturated heterocycles. The van der Waals surface area contributed by atoms with E-state index < -0.39 is 0 Å². The molecule has 2 heterocycles. The summed E-state index contributed by atoms with van der Waals surface area (Å²) < 4.78 is 1.69. The van der Waals surface area contributed by atoms with E-state index in [0.717, 1.165) is 0 Å². The number of halogens is 1. The zero-order valence-electron chi connectivity index (χ0n) is 8.83. The zero-order chi connectivity index (χ0) is 11.5. The van der Waals surface area contributed by atoms with Crippen LogP contribution in [0.3, 0.4) is 0 Å². The van der Waals surface area contributed by atoms with E-state index in [0.29, 0.717) is 16.4 Å². The van der Waals surface area contributed by atoms with Gasteiger partial charge in [-0.2, -0.15) is 15.0 Å². The highest BCUT2D eigenvalue weighted by Crippen LogP contribution is 2.20. The van der Waals surface area contributed by atoms with Gasteiger partial charge in [-0.25, -0.2) is 4.98 Å². The van der Waals surface area contributed by atoms with Gasteiger partial charge in [0.25, 0.3) is 0 Å². The van der Waals surface area contributed by atoms with Crippen LogP contribution in [0.4, 0.5) is 0 Å². The highest BCUT2D eigenvalue weighted by Gasteiger charge is 2.08. The number of nitrogens with zero attached hydrogens (tertiary/aromatic N) is 5. The van der Waals surface area contributed by atoms with Crippen LogP contribution in [0, 0.1) is 0 Å². The third-order valence-corrected chi connectivity index (χ3v) is 2.69. The molecular formula is C9H10ClN5S. The molecule has 2 aromatic rings. The quantitative estimate of drug-likeness (QED) is 0.787. The third-order valence-electron chi connectivity index (χ3n) is 1.65. The monoisotopic (exact) mass is 255 g/mol. The SMILES string of the molecule is CC(C)Sc1nc(Cl)nc(-n2ccnc2)n1. The van der Waals surface area contributed by atoms with Gasteiger partial charge in [-0.3, -0.25) is 4.57 Å². The molecule has 5 nitrogen and oxygen atoms in total. The molecule has 0 unspecified atom stereocenters. The molecule has 0 aliphatic carbocycles. The second kappa shape index (κ2) is 4.80. The molecule has 0 atom stereocenters. The third kappa shape index (κ3) is 2.70. The van der Waals surface area contributed by atoms with Crippen LogP contribution >= 0.6 is 23.4 Å². The Labute approximate surface area is 102 Å². The molecule has 0 aliphatic rings. The smallest absolute Gasteiger partial charge is 0.240 e. The van der Waals surface area contributed by atoms with Crippen LogP contribution in [0.1, 0.15) is 13.8 Å². The number of imidazole rings is 1. The molecule has 84 valence electrons. The van der Waals surface area contributed by atoms with E-state index in [1.54, 1.807) is 35.0 Å². The van der Waals surface area contributed by atoms with Gasteiger partial charge in [0.1, 0.15) is 6.33 Å². The van der Waals surface area contributed by atoms with Crippen LogP contribution in [-0.4, -0.2) is 29.8 Å². The van der Waals surface area contributed by atoms with Gasteiger partial charge in [0, 0.05) is 17.6 Å². The average Bonchev–Trinajstić information content (AvgIpc) is 2.67. The van der Waals surface area contributed by atoms with Gasteiger partial charge in [0.05, 0.1) is 0 Å². The largest absolute Gasteiger partial charge is 0.274 e. The maximum Gasteiger partial charge on any atom is 0.240 e. The van der Waals surface area contributed by atoms with Crippen LogP contribution in [0.25, 0.3) is 5.95 Å². The minimum atomic E-state index is 0.196. The van der Waals surface area contributed by atoms with E-state index >= 15 is 0 Å². The summed E-state index contributed by atoms with van der Waals surface area (Å²) in [5, 5.41) is 1.22. The zero-order valence-corrected chi connectivity index (χ0v) is 10.4. The lowest BCUT2D eigenvalue weighted by Gasteiger charge is -2.05. The van der Waals surface area contributed by atoms with E-state index in [-0.39, 0.29) is 5.28 Å². The maximum atomic E-state index is 5.84. The van der Waals surface area contributed by atoms with E-state index in [4.69, 9.17) is 11.6 Å². The lowest BCUT2D eigenvalue weighted by Crippen LogP contribution is -2.03. The molecule has 0 radical (unpaired) electrons. The first-order valence-corrected chi connectivity index (χ1v) is 5.97. The molecule has 0 bridgehead atoms. The van der Waals surface area contributed by atoms with E-state index in [2.05, 4.69) is 33.8 Å². The van der Waals surface area contributed by atoms with Crippen molar-refractivity contribution in [3.63, 3.8) is 0 Å². The molecule has 0 aliphatic heterocycles. The number of thioether (sulfide) groups is 1. The fraction of sp³-hybridized carbons (Fsp3) is 0.333. The maximum absolute atomic E-state index is 5.84. The molecule has 0 N–H and O–H groups in total. The molecule has 2 rings (SSSR count). The summed E-state index contributed by atoms with van der Waals surface area (Å²) in [6.45, 7) is 4.14. The Kier molecular flexibility index (Phi) is 3.40. The Morgan fingerprint density at radius 2 is 2.12 bits per heavy atom. The van der Waals surface area contributed by atoms with Gasteiger partial charge in [0.15, 0.2) is 5.16 Å². The van der Waals surface area contributed by atoms with Crippen molar-refractivity contribution in [3.8, 4) is 5.95 Å². The summed E-state index contributed by atoms with van der Waals surface area (Å²) in [6, 6.07) is 0. The Hall–Kier alpha value is -1.14. The van der Waals surface area contributed by atoms with E-state index in [1.165, 1.54) is 0 Å². The Morgan fingerprint density at radius 1 is 1.31 bits per heavy atom. The van der Waals surface area contributed by atoms with Gasteiger partial charge in [-0.1, -0.05) is 25.6 Å². The number of aromatic nitrogens is 5. The van der Waals surface area contributed by atoms with Crippen LogP contribution in [0.2, 0.25) is 5.28 Å². The van der Waals surface area contributed by atoms with Crippen molar-refractivity contribution >= 4 is 23.4 Å². The van der Waals surface area contributed by atoms with Crippen molar-refractivity contribution in [2.75, 3.05) is 0 Å². The first-order valence-electron chi connectivity index (χ1n) is 4.71. The second-order valence-electron chi connectivity index (χ2n) is 3.32. The Morgan fingerprint density at radius 3 is 2.75 bits per heavy atom. The van der Waals surface area contributed by atoms with Crippen molar-refractivity contribution in [3.05, 3.63) is 24.0 Å². The van der Waals surface area contributed by atoms with Crippen LogP contribution in [-0.2, 0) is 0 Å².